The van der Waals surface area contributed by atoms with E-state index in [0.29, 0.717) is 26.1 Å². The van der Waals surface area contributed by atoms with E-state index >= 15 is 0 Å². The van der Waals surface area contributed by atoms with Gasteiger partial charge in [0.15, 0.2) is 5.78 Å². The minimum Gasteiger partial charge on any atom is -0.481 e. The zero-order valence-corrected chi connectivity index (χ0v) is 21.6. The number of aliphatic carboxylic acids is 1. The first-order valence-electron chi connectivity index (χ1n) is 11.8. The molecular weight excluding hydrogens is 420 g/mol. The Kier molecular flexibility index (Phi) is 10.4. The number of benzene rings is 1. The Labute approximate surface area is 199 Å². The van der Waals surface area contributed by atoms with Crippen molar-refractivity contribution in [3.05, 3.63) is 35.9 Å². The number of carboxylic acids is 1. The SMILES string of the molecule is CCOC(C(=O)C(C)(C)C(C)(C)OCCCC(CC(=O)O)C(=O)C(C)(C)C)c1ccccc1. The molecule has 0 radical (unpaired) electrons. The van der Waals surface area contributed by atoms with Crippen LogP contribution in [0.1, 0.15) is 86.3 Å². The predicted molar refractivity (Wildman–Crippen MR) is 129 cm³/mol. The van der Waals surface area contributed by atoms with Gasteiger partial charge in [-0.15, -0.1) is 0 Å². The molecule has 6 heteroatoms. The molecule has 0 amide bonds. The summed E-state index contributed by atoms with van der Waals surface area (Å²) in [7, 11) is 0. The van der Waals surface area contributed by atoms with Crippen LogP contribution in [0.4, 0.5) is 0 Å². The molecule has 1 rings (SSSR count). The molecular formula is C27H42O6. The first-order valence-corrected chi connectivity index (χ1v) is 11.8. The van der Waals surface area contributed by atoms with Gasteiger partial charge >= 0.3 is 5.97 Å². The van der Waals surface area contributed by atoms with Crippen LogP contribution < -0.4 is 0 Å². The van der Waals surface area contributed by atoms with Crippen LogP contribution in [-0.2, 0) is 23.9 Å². The zero-order chi connectivity index (χ0) is 25.4. The van der Waals surface area contributed by atoms with E-state index in [1.807, 2.05) is 65.0 Å². The van der Waals surface area contributed by atoms with E-state index < -0.39 is 34.4 Å². The van der Waals surface area contributed by atoms with Gasteiger partial charge in [0, 0.05) is 24.5 Å². The van der Waals surface area contributed by atoms with Gasteiger partial charge in [-0.05, 0) is 39.2 Å². The van der Waals surface area contributed by atoms with Crippen molar-refractivity contribution in [3.8, 4) is 0 Å². The third-order valence-electron chi connectivity index (χ3n) is 6.49. The Balaban J connectivity index is 2.86. The number of Topliss-reactive ketones (excluding diaryl/α,β-unsaturated/α-hetero) is 2. The maximum absolute atomic E-state index is 13.5. The predicted octanol–water partition coefficient (Wildman–Crippen LogP) is 5.64. The number of ether oxygens (including phenoxy) is 2. The van der Waals surface area contributed by atoms with Crippen molar-refractivity contribution in [2.75, 3.05) is 13.2 Å². The topological polar surface area (TPSA) is 89.9 Å². The van der Waals surface area contributed by atoms with E-state index in [1.165, 1.54) is 0 Å². The second kappa shape index (κ2) is 11.9. The van der Waals surface area contributed by atoms with Crippen LogP contribution in [0.25, 0.3) is 0 Å². The molecule has 6 nitrogen and oxygen atoms in total. The quantitative estimate of drug-likeness (QED) is 0.360. The van der Waals surface area contributed by atoms with E-state index in [1.54, 1.807) is 20.8 Å². The summed E-state index contributed by atoms with van der Waals surface area (Å²) in [5.41, 5.74) is -1.44. The van der Waals surface area contributed by atoms with Gasteiger partial charge in [-0.3, -0.25) is 14.4 Å². The summed E-state index contributed by atoms with van der Waals surface area (Å²) in [6, 6.07) is 9.44. The Hall–Kier alpha value is -2.05. The fourth-order valence-corrected chi connectivity index (χ4v) is 3.73. The van der Waals surface area contributed by atoms with Gasteiger partial charge in [-0.2, -0.15) is 0 Å². The van der Waals surface area contributed by atoms with Gasteiger partial charge in [0.1, 0.15) is 11.9 Å². The first kappa shape index (κ1) is 29.0. The van der Waals surface area contributed by atoms with Gasteiger partial charge < -0.3 is 14.6 Å². The standard InChI is InChI=1S/C27H42O6/c1-9-32-22(19-14-11-10-12-15-19)24(31)26(5,6)27(7,8)33-17-13-16-20(18-21(28)29)23(30)25(2,3)4/h10-12,14-15,20,22H,9,13,16-18H2,1-8H3,(H,28,29). The molecule has 0 aliphatic carbocycles. The first-order chi connectivity index (χ1) is 15.1. The lowest BCUT2D eigenvalue weighted by Crippen LogP contribution is -2.49. The van der Waals surface area contributed by atoms with Crippen LogP contribution >= 0.6 is 0 Å². The van der Waals surface area contributed by atoms with Gasteiger partial charge in [0.25, 0.3) is 0 Å². The fraction of sp³-hybridized carbons (Fsp3) is 0.667. The molecule has 0 spiro atoms. The van der Waals surface area contributed by atoms with Crippen LogP contribution in [-0.4, -0.2) is 41.5 Å². The number of carbonyl (C=O) groups is 3. The maximum atomic E-state index is 13.5. The third-order valence-corrected chi connectivity index (χ3v) is 6.49. The van der Waals surface area contributed by atoms with Crippen LogP contribution in [0, 0.1) is 16.7 Å². The Bertz CT molecular complexity index is 789. The third kappa shape index (κ3) is 8.04. The normalized spacial score (nSPS) is 14.5. The summed E-state index contributed by atoms with van der Waals surface area (Å²) in [4.78, 5) is 37.4. The van der Waals surface area contributed by atoms with Crippen molar-refractivity contribution in [1.82, 2.24) is 0 Å². The second-order valence-electron chi connectivity index (χ2n) is 10.6. The van der Waals surface area contributed by atoms with E-state index in [9.17, 15) is 19.5 Å². The molecule has 186 valence electrons. The fourth-order valence-electron chi connectivity index (χ4n) is 3.73. The minimum absolute atomic E-state index is 0.0536. The number of carbonyl (C=O) groups excluding carboxylic acids is 2. The molecule has 0 aliphatic rings. The molecule has 0 heterocycles. The summed E-state index contributed by atoms with van der Waals surface area (Å²) in [6.07, 6.45) is 0.0919. The van der Waals surface area contributed by atoms with Crippen LogP contribution in [0.3, 0.4) is 0 Å². The van der Waals surface area contributed by atoms with Gasteiger partial charge in [0.05, 0.1) is 17.4 Å². The molecule has 33 heavy (non-hydrogen) atoms. The van der Waals surface area contributed by atoms with Crippen molar-refractivity contribution in [2.24, 2.45) is 16.7 Å². The lowest BCUT2D eigenvalue weighted by molar-refractivity contribution is -0.160. The Morgan fingerprint density at radius 3 is 2.00 bits per heavy atom. The van der Waals surface area contributed by atoms with Crippen LogP contribution in [0.5, 0.6) is 0 Å². The van der Waals surface area contributed by atoms with Crippen molar-refractivity contribution in [2.45, 2.75) is 86.4 Å². The molecule has 0 aliphatic heterocycles. The van der Waals surface area contributed by atoms with Crippen molar-refractivity contribution in [1.29, 1.82) is 0 Å². The number of carboxylic acid groups (broad SMARTS) is 1. The smallest absolute Gasteiger partial charge is 0.304 e. The average molecular weight is 463 g/mol. The van der Waals surface area contributed by atoms with Gasteiger partial charge in [-0.1, -0.05) is 65.0 Å². The van der Waals surface area contributed by atoms with E-state index in [-0.39, 0.29) is 18.0 Å². The Morgan fingerprint density at radius 1 is 0.939 bits per heavy atom. The Morgan fingerprint density at radius 2 is 1.52 bits per heavy atom. The molecule has 0 saturated heterocycles. The second-order valence-corrected chi connectivity index (χ2v) is 10.6. The largest absolute Gasteiger partial charge is 0.481 e. The highest BCUT2D eigenvalue weighted by molar-refractivity contribution is 5.90. The van der Waals surface area contributed by atoms with E-state index in [0.717, 1.165) is 5.56 Å². The van der Waals surface area contributed by atoms with E-state index in [2.05, 4.69) is 0 Å². The molecule has 0 bridgehead atoms. The van der Waals surface area contributed by atoms with Crippen LogP contribution in [0.2, 0.25) is 0 Å². The average Bonchev–Trinajstić information content (AvgIpc) is 2.72. The molecule has 1 aromatic carbocycles. The number of ketones is 2. The summed E-state index contributed by atoms with van der Waals surface area (Å²) in [5.74, 6) is -1.65. The summed E-state index contributed by atoms with van der Waals surface area (Å²) in [6.45, 7) is 15.5. The number of hydrogen-bond donors (Lipinski definition) is 1. The van der Waals surface area contributed by atoms with E-state index in [4.69, 9.17) is 9.47 Å². The van der Waals surface area contributed by atoms with Crippen molar-refractivity contribution in [3.63, 3.8) is 0 Å². The highest BCUT2D eigenvalue weighted by Gasteiger charge is 2.47. The van der Waals surface area contributed by atoms with Crippen molar-refractivity contribution < 1.29 is 29.0 Å². The summed E-state index contributed by atoms with van der Waals surface area (Å²) in [5, 5.41) is 9.21. The lowest BCUT2D eigenvalue weighted by atomic mass is 9.71. The van der Waals surface area contributed by atoms with Gasteiger partial charge in [-0.25, -0.2) is 0 Å². The molecule has 1 N–H and O–H groups in total. The number of rotatable bonds is 14. The molecule has 0 aromatic heterocycles. The van der Waals surface area contributed by atoms with Gasteiger partial charge in [0.2, 0.25) is 0 Å². The minimum atomic E-state index is -0.978. The zero-order valence-electron chi connectivity index (χ0n) is 21.6. The molecule has 2 atom stereocenters. The molecule has 0 saturated carbocycles. The number of hydrogen-bond acceptors (Lipinski definition) is 5. The van der Waals surface area contributed by atoms with Crippen LogP contribution in [0.15, 0.2) is 30.3 Å². The molecule has 2 unspecified atom stereocenters. The highest BCUT2D eigenvalue weighted by atomic mass is 16.5. The summed E-state index contributed by atoms with van der Waals surface area (Å²) < 4.78 is 12.0. The monoisotopic (exact) mass is 462 g/mol. The highest BCUT2D eigenvalue weighted by Crippen LogP contribution is 2.40. The lowest BCUT2D eigenvalue weighted by Gasteiger charge is -2.42. The van der Waals surface area contributed by atoms with Crippen molar-refractivity contribution >= 4 is 17.5 Å². The molecule has 0 fully saturated rings. The molecule has 1 aromatic rings. The summed E-state index contributed by atoms with van der Waals surface area (Å²) >= 11 is 0. The maximum Gasteiger partial charge on any atom is 0.304 e.